The summed E-state index contributed by atoms with van der Waals surface area (Å²) >= 11 is 3.61. The fourth-order valence-electron chi connectivity index (χ4n) is 2.77. The van der Waals surface area contributed by atoms with E-state index in [0.29, 0.717) is 6.10 Å². The molecule has 0 saturated heterocycles. The van der Waals surface area contributed by atoms with Gasteiger partial charge >= 0.3 is 0 Å². The Morgan fingerprint density at radius 1 is 1.26 bits per heavy atom. The van der Waals surface area contributed by atoms with Crippen LogP contribution in [0.2, 0.25) is 0 Å². The maximum atomic E-state index is 6.52. The first kappa shape index (κ1) is 13.3. The number of hydrogen-bond acceptors (Lipinski definition) is 3. The molecule has 2 fully saturated rings. The Labute approximate surface area is 122 Å². The maximum absolute atomic E-state index is 6.52. The lowest BCUT2D eigenvalue weighted by Gasteiger charge is -2.26. The number of nitrogens with two attached hydrogens (primary N) is 1. The molecular formula is C15H20BrNO2. The summed E-state index contributed by atoms with van der Waals surface area (Å²) in [6.07, 6.45) is 7.13. The summed E-state index contributed by atoms with van der Waals surface area (Å²) < 4.78 is 12.4. The predicted octanol–water partition coefficient (Wildman–Crippen LogP) is 3.73. The SMILES string of the molecule is COc1cc(C2(N)CCCC2)cc(Br)c1OC1CC1. The number of halogens is 1. The second-order valence-corrected chi connectivity index (χ2v) is 6.52. The van der Waals surface area contributed by atoms with Crippen molar-refractivity contribution in [2.24, 2.45) is 5.73 Å². The van der Waals surface area contributed by atoms with Gasteiger partial charge < -0.3 is 15.2 Å². The van der Waals surface area contributed by atoms with Gasteiger partial charge in [0.15, 0.2) is 11.5 Å². The molecule has 2 aliphatic rings. The van der Waals surface area contributed by atoms with Crippen molar-refractivity contribution in [1.29, 1.82) is 0 Å². The summed E-state index contributed by atoms with van der Waals surface area (Å²) in [5, 5.41) is 0. The van der Waals surface area contributed by atoms with Gasteiger partial charge in [0.25, 0.3) is 0 Å². The molecule has 0 spiro atoms. The quantitative estimate of drug-likeness (QED) is 0.917. The molecule has 0 bridgehead atoms. The Bertz CT molecular complexity index is 479. The zero-order valence-electron chi connectivity index (χ0n) is 11.2. The first-order valence-electron chi connectivity index (χ1n) is 6.96. The van der Waals surface area contributed by atoms with Crippen LogP contribution in [0, 0.1) is 0 Å². The van der Waals surface area contributed by atoms with E-state index in [9.17, 15) is 0 Å². The number of rotatable bonds is 4. The van der Waals surface area contributed by atoms with Crippen molar-refractivity contribution < 1.29 is 9.47 Å². The third-order valence-corrected chi connectivity index (χ3v) is 4.70. The topological polar surface area (TPSA) is 44.5 Å². The van der Waals surface area contributed by atoms with Gasteiger partial charge in [0, 0.05) is 5.54 Å². The number of hydrogen-bond donors (Lipinski definition) is 1. The van der Waals surface area contributed by atoms with E-state index in [0.717, 1.165) is 47.2 Å². The summed E-state index contributed by atoms with van der Waals surface area (Å²) in [4.78, 5) is 0. The molecular weight excluding hydrogens is 306 g/mol. The fraction of sp³-hybridized carbons (Fsp3) is 0.600. The normalized spacial score (nSPS) is 21.4. The van der Waals surface area contributed by atoms with Gasteiger partial charge in [0.1, 0.15) is 0 Å². The maximum Gasteiger partial charge on any atom is 0.175 e. The molecule has 0 atom stereocenters. The van der Waals surface area contributed by atoms with Gasteiger partial charge in [-0.25, -0.2) is 0 Å². The van der Waals surface area contributed by atoms with E-state index < -0.39 is 0 Å². The highest BCUT2D eigenvalue weighted by Crippen LogP contribution is 2.45. The monoisotopic (exact) mass is 325 g/mol. The van der Waals surface area contributed by atoms with E-state index in [1.54, 1.807) is 7.11 Å². The van der Waals surface area contributed by atoms with Crippen LogP contribution in [-0.4, -0.2) is 13.2 Å². The second kappa shape index (κ2) is 4.98. The summed E-state index contributed by atoms with van der Waals surface area (Å²) in [6, 6.07) is 4.15. The van der Waals surface area contributed by atoms with E-state index in [1.165, 1.54) is 12.8 Å². The van der Waals surface area contributed by atoms with Gasteiger partial charge in [-0.3, -0.25) is 0 Å². The van der Waals surface area contributed by atoms with Crippen molar-refractivity contribution in [3.63, 3.8) is 0 Å². The van der Waals surface area contributed by atoms with Gasteiger partial charge in [-0.2, -0.15) is 0 Å². The largest absolute Gasteiger partial charge is 0.493 e. The van der Waals surface area contributed by atoms with Crippen LogP contribution in [0.5, 0.6) is 11.5 Å². The first-order chi connectivity index (χ1) is 9.12. The summed E-state index contributed by atoms with van der Waals surface area (Å²) in [7, 11) is 1.68. The van der Waals surface area contributed by atoms with Crippen LogP contribution < -0.4 is 15.2 Å². The molecule has 0 unspecified atom stereocenters. The van der Waals surface area contributed by atoms with Crippen LogP contribution in [0.1, 0.15) is 44.1 Å². The van der Waals surface area contributed by atoms with E-state index in [2.05, 4.69) is 22.0 Å². The molecule has 0 radical (unpaired) electrons. The van der Waals surface area contributed by atoms with Crippen LogP contribution >= 0.6 is 15.9 Å². The van der Waals surface area contributed by atoms with Gasteiger partial charge in [0.2, 0.25) is 0 Å². The Kier molecular flexibility index (Phi) is 3.48. The smallest absolute Gasteiger partial charge is 0.175 e. The molecule has 19 heavy (non-hydrogen) atoms. The van der Waals surface area contributed by atoms with Gasteiger partial charge in [0.05, 0.1) is 17.7 Å². The molecule has 2 saturated carbocycles. The summed E-state index contributed by atoms with van der Waals surface area (Å²) in [6.45, 7) is 0. The van der Waals surface area contributed by atoms with E-state index in [-0.39, 0.29) is 5.54 Å². The molecule has 3 rings (SSSR count). The van der Waals surface area contributed by atoms with Crippen LogP contribution in [0.3, 0.4) is 0 Å². The molecule has 2 aliphatic carbocycles. The Hall–Kier alpha value is -0.740. The molecule has 104 valence electrons. The Morgan fingerprint density at radius 2 is 1.95 bits per heavy atom. The minimum absolute atomic E-state index is 0.200. The number of benzene rings is 1. The van der Waals surface area contributed by atoms with Crippen LogP contribution in [0.15, 0.2) is 16.6 Å². The van der Waals surface area contributed by atoms with Crippen molar-refractivity contribution in [3.8, 4) is 11.5 Å². The van der Waals surface area contributed by atoms with Crippen molar-refractivity contribution >= 4 is 15.9 Å². The lowest BCUT2D eigenvalue weighted by molar-refractivity contribution is 0.279. The van der Waals surface area contributed by atoms with Crippen molar-refractivity contribution in [3.05, 3.63) is 22.2 Å². The minimum Gasteiger partial charge on any atom is -0.493 e. The van der Waals surface area contributed by atoms with E-state index in [1.807, 2.05) is 6.07 Å². The zero-order chi connectivity index (χ0) is 13.5. The van der Waals surface area contributed by atoms with Crippen LogP contribution in [0.25, 0.3) is 0 Å². The molecule has 0 aliphatic heterocycles. The average Bonchev–Trinajstić information content (AvgIpc) is 3.11. The molecule has 1 aromatic carbocycles. The van der Waals surface area contributed by atoms with E-state index >= 15 is 0 Å². The lowest BCUT2D eigenvalue weighted by Crippen LogP contribution is -2.33. The van der Waals surface area contributed by atoms with Gasteiger partial charge in [-0.05, 0) is 59.3 Å². The van der Waals surface area contributed by atoms with Crippen LogP contribution in [0.4, 0.5) is 0 Å². The standard InChI is InChI=1S/C15H20BrNO2/c1-18-13-9-10(15(17)6-2-3-7-15)8-12(16)14(13)19-11-4-5-11/h8-9,11H,2-7,17H2,1H3. The third kappa shape index (κ3) is 2.61. The van der Waals surface area contributed by atoms with Gasteiger partial charge in [-0.15, -0.1) is 0 Å². The Morgan fingerprint density at radius 3 is 2.53 bits per heavy atom. The number of ether oxygens (including phenoxy) is 2. The highest BCUT2D eigenvalue weighted by Gasteiger charge is 2.33. The molecule has 0 aromatic heterocycles. The van der Waals surface area contributed by atoms with Crippen molar-refractivity contribution in [2.75, 3.05) is 7.11 Å². The van der Waals surface area contributed by atoms with Crippen molar-refractivity contribution in [1.82, 2.24) is 0 Å². The summed E-state index contributed by atoms with van der Waals surface area (Å²) in [5.41, 5.74) is 7.47. The van der Waals surface area contributed by atoms with E-state index in [4.69, 9.17) is 15.2 Å². The number of methoxy groups -OCH3 is 1. The summed E-state index contributed by atoms with van der Waals surface area (Å²) in [5.74, 6) is 1.60. The molecule has 0 heterocycles. The van der Waals surface area contributed by atoms with Gasteiger partial charge in [-0.1, -0.05) is 12.8 Å². The lowest BCUT2D eigenvalue weighted by atomic mass is 9.89. The molecule has 2 N–H and O–H groups in total. The minimum atomic E-state index is -0.200. The van der Waals surface area contributed by atoms with Crippen molar-refractivity contribution in [2.45, 2.75) is 50.2 Å². The second-order valence-electron chi connectivity index (χ2n) is 5.67. The van der Waals surface area contributed by atoms with Crippen LogP contribution in [-0.2, 0) is 5.54 Å². The highest BCUT2D eigenvalue weighted by atomic mass is 79.9. The zero-order valence-corrected chi connectivity index (χ0v) is 12.8. The molecule has 3 nitrogen and oxygen atoms in total. The first-order valence-corrected chi connectivity index (χ1v) is 7.75. The molecule has 4 heteroatoms. The fourth-order valence-corrected chi connectivity index (χ4v) is 3.30. The molecule has 1 aromatic rings. The molecule has 0 amide bonds. The predicted molar refractivity (Wildman–Crippen MR) is 78.7 cm³/mol. The third-order valence-electron chi connectivity index (χ3n) is 4.11. The Balaban J connectivity index is 1.96. The average molecular weight is 326 g/mol. The highest BCUT2D eigenvalue weighted by molar-refractivity contribution is 9.10.